The molecule has 3 heterocycles. The van der Waals surface area contributed by atoms with E-state index < -0.39 is 17.8 Å². The first-order valence-corrected chi connectivity index (χ1v) is 11.3. The normalized spacial score (nSPS) is 11.5. The van der Waals surface area contributed by atoms with E-state index in [-0.39, 0.29) is 16.9 Å². The van der Waals surface area contributed by atoms with E-state index in [2.05, 4.69) is 20.5 Å². The second-order valence-electron chi connectivity index (χ2n) is 8.28. The molecule has 5 rings (SSSR count). The molecule has 9 nitrogen and oxygen atoms in total. The van der Waals surface area contributed by atoms with Gasteiger partial charge >= 0.3 is 6.18 Å². The van der Waals surface area contributed by atoms with Gasteiger partial charge in [-0.15, -0.1) is 0 Å². The van der Waals surface area contributed by atoms with E-state index in [4.69, 9.17) is 9.47 Å². The van der Waals surface area contributed by atoms with Crippen LogP contribution in [-0.4, -0.2) is 44.5 Å². The third-order valence-corrected chi connectivity index (χ3v) is 5.76. The smallest absolute Gasteiger partial charge is 0.433 e. The monoisotopic (exact) mass is 522 g/mol. The first-order valence-electron chi connectivity index (χ1n) is 11.3. The Hall–Kier alpha value is -4.87. The van der Waals surface area contributed by atoms with Gasteiger partial charge in [-0.1, -0.05) is 12.1 Å². The zero-order valence-electron chi connectivity index (χ0n) is 20.2. The molecule has 3 aromatic heterocycles. The molecule has 12 heteroatoms. The minimum Gasteiger partial charge on any atom is -0.497 e. The van der Waals surface area contributed by atoms with Crippen LogP contribution in [0.25, 0.3) is 16.9 Å². The highest BCUT2D eigenvalue weighted by Gasteiger charge is 2.36. The summed E-state index contributed by atoms with van der Waals surface area (Å²) < 4.78 is 54.2. The van der Waals surface area contributed by atoms with Crippen LogP contribution in [0.1, 0.15) is 21.6 Å². The van der Waals surface area contributed by atoms with Crippen molar-refractivity contribution in [3.8, 4) is 22.8 Å². The zero-order chi connectivity index (χ0) is 26.9. The van der Waals surface area contributed by atoms with Crippen molar-refractivity contribution in [1.29, 1.82) is 0 Å². The Morgan fingerprint density at radius 1 is 0.974 bits per heavy atom. The van der Waals surface area contributed by atoms with Crippen molar-refractivity contribution in [2.45, 2.75) is 12.7 Å². The summed E-state index contributed by atoms with van der Waals surface area (Å²) in [4.78, 5) is 17.4. The van der Waals surface area contributed by atoms with Crippen molar-refractivity contribution in [3.05, 3.63) is 90.0 Å². The number of nitrogens with one attached hydrogen (secondary N) is 1. The SMILES string of the molecule is COc1ccc(-c2cc(C(F)(F)F)n3ncc(C(=O)Nc4cnn(Cc5cccc(OC)c5)c4)c3n2)cc1. The molecule has 38 heavy (non-hydrogen) atoms. The summed E-state index contributed by atoms with van der Waals surface area (Å²) in [5.74, 6) is 0.576. The number of hydrogen-bond acceptors (Lipinski definition) is 6. The number of fused-ring (bicyclic) bond motifs is 1. The Bertz CT molecular complexity index is 1610. The van der Waals surface area contributed by atoms with Crippen LogP contribution in [0, 0.1) is 0 Å². The van der Waals surface area contributed by atoms with Gasteiger partial charge in [0.05, 0.1) is 44.5 Å². The Morgan fingerprint density at radius 3 is 2.45 bits per heavy atom. The molecule has 194 valence electrons. The third kappa shape index (κ3) is 5.01. The van der Waals surface area contributed by atoms with Crippen LogP contribution in [0.4, 0.5) is 18.9 Å². The van der Waals surface area contributed by atoms with Gasteiger partial charge in [0, 0.05) is 11.8 Å². The molecular formula is C26H21F3N6O3. The highest BCUT2D eigenvalue weighted by Crippen LogP contribution is 2.33. The van der Waals surface area contributed by atoms with Gasteiger partial charge in [0.25, 0.3) is 5.91 Å². The molecule has 1 amide bonds. The summed E-state index contributed by atoms with van der Waals surface area (Å²) in [5, 5.41) is 10.7. The summed E-state index contributed by atoms with van der Waals surface area (Å²) in [6, 6.07) is 14.8. The number of carbonyl (C=O) groups is 1. The Balaban J connectivity index is 1.44. The quantitative estimate of drug-likeness (QED) is 0.326. The average molecular weight is 522 g/mol. The van der Waals surface area contributed by atoms with E-state index in [1.54, 1.807) is 42.3 Å². The molecule has 0 saturated carbocycles. The van der Waals surface area contributed by atoms with Crippen molar-refractivity contribution < 1.29 is 27.4 Å². The fourth-order valence-corrected chi connectivity index (χ4v) is 3.91. The average Bonchev–Trinajstić information content (AvgIpc) is 3.54. The number of amides is 1. The largest absolute Gasteiger partial charge is 0.497 e. The number of nitrogens with zero attached hydrogens (tertiary/aromatic N) is 5. The predicted octanol–water partition coefficient (Wildman–Crippen LogP) is 4.93. The topological polar surface area (TPSA) is 95.6 Å². The first kappa shape index (κ1) is 24.8. The van der Waals surface area contributed by atoms with Crippen molar-refractivity contribution in [2.75, 3.05) is 19.5 Å². The molecule has 0 radical (unpaired) electrons. The van der Waals surface area contributed by atoms with Gasteiger partial charge in [0.1, 0.15) is 17.1 Å². The lowest BCUT2D eigenvalue weighted by molar-refractivity contribution is -0.142. The minimum atomic E-state index is -4.73. The number of aromatic nitrogens is 5. The third-order valence-electron chi connectivity index (χ3n) is 5.76. The summed E-state index contributed by atoms with van der Waals surface area (Å²) in [7, 11) is 3.06. The Labute approximate surface area is 214 Å². The number of halogens is 3. The van der Waals surface area contributed by atoms with E-state index >= 15 is 0 Å². The second kappa shape index (κ2) is 9.88. The van der Waals surface area contributed by atoms with Gasteiger partial charge in [-0.3, -0.25) is 9.48 Å². The van der Waals surface area contributed by atoms with Gasteiger partial charge in [0.15, 0.2) is 11.3 Å². The van der Waals surface area contributed by atoms with Crippen LogP contribution in [-0.2, 0) is 12.7 Å². The lowest BCUT2D eigenvalue weighted by Gasteiger charge is -2.12. The van der Waals surface area contributed by atoms with E-state index in [1.807, 2.05) is 24.3 Å². The Morgan fingerprint density at radius 2 is 1.74 bits per heavy atom. The van der Waals surface area contributed by atoms with E-state index in [1.165, 1.54) is 13.3 Å². The standard InChI is InChI=1S/C26H21F3N6O3/c1-37-19-8-6-17(7-9-19)22-11-23(26(27,28)29)35-24(33-22)21(13-31-35)25(36)32-18-12-30-34(15-18)14-16-4-3-5-20(10-16)38-2/h3-13,15H,14H2,1-2H3,(H,32,36). The van der Waals surface area contributed by atoms with E-state index in [0.717, 1.165) is 17.8 Å². The summed E-state index contributed by atoms with van der Waals surface area (Å²) in [6.45, 7) is 0.422. The molecule has 0 saturated heterocycles. The highest BCUT2D eigenvalue weighted by atomic mass is 19.4. The van der Waals surface area contributed by atoms with Crippen LogP contribution in [0.3, 0.4) is 0 Å². The highest BCUT2D eigenvalue weighted by molar-refractivity contribution is 6.08. The summed E-state index contributed by atoms with van der Waals surface area (Å²) in [6.07, 6.45) is -0.615. The van der Waals surface area contributed by atoms with Crippen LogP contribution in [0.2, 0.25) is 0 Å². The van der Waals surface area contributed by atoms with Crippen molar-refractivity contribution in [3.63, 3.8) is 0 Å². The van der Waals surface area contributed by atoms with Crippen LogP contribution in [0.15, 0.2) is 73.2 Å². The number of rotatable bonds is 7. The molecule has 0 aliphatic heterocycles. The molecule has 0 atom stereocenters. The molecule has 1 N–H and O–H groups in total. The zero-order valence-corrected chi connectivity index (χ0v) is 20.2. The number of anilines is 1. The minimum absolute atomic E-state index is 0.0353. The van der Waals surface area contributed by atoms with E-state index in [9.17, 15) is 18.0 Å². The maximum Gasteiger partial charge on any atom is 0.433 e. The van der Waals surface area contributed by atoms with Crippen molar-refractivity contribution in [2.24, 2.45) is 0 Å². The maximum absolute atomic E-state index is 13.9. The summed E-state index contributed by atoms with van der Waals surface area (Å²) >= 11 is 0. The van der Waals surface area contributed by atoms with Gasteiger partial charge in [-0.25, -0.2) is 9.50 Å². The number of benzene rings is 2. The predicted molar refractivity (Wildman–Crippen MR) is 132 cm³/mol. The number of hydrogen-bond donors (Lipinski definition) is 1. The molecule has 0 spiro atoms. The maximum atomic E-state index is 13.9. The lowest BCUT2D eigenvalue weighted by Crippen LogP contribution is -2.15. The molecule has 5 aromatic rings. The first-order chi connectivity index (χ1) is 18.2. The molecule has 0 aliphatic carbocycles. The second-order valence-corrected chi connectivity index (χ2v) is 8.28. The number of methoxy groups -OCH3 is 2. The summed E-state index contributed by atoms with van der Waals surface area (Å²) in [5.41, 5.74) is 0.345. The molecular weight excluding hydrogens is 501 g/mol. The van der Waals surface area contributed by atoms with Crippen molar-refractivity contribution >= 4 is 17.2 Å². The number of ether oxygens (including phenoxy) is 2. The van der Waals surface area contributed by atoms with Gasteiger partial charge in [0.2, 0.25) is 0 Å². The fraction of sp³-hybridized carbons (Fsp3) is 0.154. The fourth-order valence-electron chi connectivity index (χ4n) is 3.91. The lowest BCUT2D eigenvalue weighted by atomic mass is 10.1. The van der Waals surface area contributed by atoms with Gasteiger partial charge in [-0.05, 0) is 48.0 Å². The van der Waals surface area contributed by atoms with Crippen LogP contribution < -0.4 is 14.8 Å². The van der Waals surface area contributed by atoms with Crippen LogP contribution in [0.5, 0.6) is 11.5 Å². The number of alkyl halides is 3. The van der Waals surface area contributed by atoms with Crippen molar-refractivity contribution in [1.82, 2.24) is 24.4 Å². The van der Waals surface area contributed by atoms with Gasteiger partial charge in [-0.2, -0.15) is 23.4 Å². The molecule has 2 aromatic carbocycles. The van der Waals surface area contributed by atoms with Gasteiger partial charge < -0.3 is 14.8 Å². The van der Waals surface area contributed by atoms with E-state index in [0.29, 0.717) is 33.8 Å². The molecule has 0 fully saturated rings. The molecule has 0 aliphatic rings. The van der Waals surface area contributed by atoms with Crippen LogP contribution >= 0.6 is 0 Å². The number of carbonyl (C=O) groups excluding carboxylic acids is 1. The molecule has 0 unspecified atom stereocenters. The Kier molecular flexibility index (Phi) is 6.45. The molecule has 0 bridgehead atoms.